The molecule has 0 aromatic heterocycles. The van der Waals surface area contributed by atoms with E-state index in [0.717, 1.165) is 5.92 Å². The third kappa shape index (κ3) is 8.52. The minimum atomic E-state index is 0. The van der Waals surface area contributed by atoms with E-state index in [2.05, 4.69) is 44.2 Å². The monoisotopic (exact) mass is 226 g/mol. The molecular weight excluding hydrogens is 192 g/mol. The van der Waals surface area contributed by atoms with Gasteiger partial charge in [0.25, 0.3) is 0 Å². The van der Waals surface area contributed by atoms with E-state index in [9.17, 15) is 0 Å². The van der Waals surface area contributed by atoms with Crippen LogP contribution in [0.15, 0.2) is 30.3 Å². The maximum Gasteiger partial charge on any atom is -0.0190 e. The minimum Gasteiger partial charge on any atom is -0.0776 e. The van der Waals surface area contributed by atoms with Gasteiger partial charge in [0.2, 0.25) is 0 Å². The molecule has 0 aliphatic rings. The first kappa shape index (κ1) is 24.4. The summed E-state index contributed by atoms with van der Waals surface area (Å²) in [6.07, 6.45) is 3.97. The van der Waals surface area contributed by atoms with Crippen LogP contribution in [0.3, 0.4) is 0 Å². The van der Waals surface area contributed by atoms with Crippen molar-refractivity contribution in [2.75, 3.05) is 0 Å². The zero-order valence-corrected chi connectivity index (χ0v) is 8.09. The van der Waals surface area contributed by atoms with Crippen LogP contribution in [0.2, 0.25) is 0 Å². The van der Waals surface area contributed by atoms with Crippen LogP contribution in [0.1, 0.15) is 74.3 Å². The first-order chi connectivity index (χ1) is 5.84. The SMILES string of the molecule is C.C.C.C.CCCCC(C)c1ccccc1. The van der Waals surface area contributed by atoms with Crippen molar-refractivity contribution in [1.29, 1.82) is 0 Å². The van der Waals surface area contributed by atoms with Crippen LogP contribution in [-0.2, 0) is 0 Å². The standard InChI is InChI=1S/C12H18.4CH4/c1-3-4-8-11(2)12-9-6-5-7-10-12;;;;/h5-7,9-11H,3-4,8H2,1-2H3;4*1H4. The van der Waals surface area contributed by atoms with E-state index in [-0.39, 0.29) is 29.7 Å². The van der Waals surface area contributed by atoms with Gasteiger partial charge in [-0.3, -0.25) is 0 Å². The predicted molar refractivity (Wildman–Crippen MR) is 81.3 cm³/mol. The molecule has 0 amide bonds. The molecule has 0 N–H and O–H groups in total. The molecule has 0 aliphatic heterocycles. The van der Waals surface area contributed by atoms with Gasteiger partial charge in [0.05, 0.1) is 0 Å². The summed E-state index contributed by atoms with van der Waals surface area (Å²) in [5.41, 5.74) is 1.48. The van der Waals surface area contributed by atoms with Crippen molar-refractivity contribution in [3.05, 3.63) is 35.9 Å². The van der Waals surface area contributed by atoms with Crippen LogP contribution in [0, 0.1) is 0 Å². The fourth-order valence-corrected chi connectivity index (χ4v) is 1.46. The van der Waals surface area contributed by atoms with Gasteiger partial charge in [0, 0.05) is 0 Å². The summed E-state index contributed by atoms with van der Waals surface area (Å²) in [6.45, 7) is 4.56. The first-order valence-electron chi connectivity index (χ1n) is 4.89. The highest BCUT2D eigenvalue weighted by Crippen LogP contribution is 2.20. The lowest BCUT2D eigenvalue weighted by atomic mass is 9.96. The first-order valence-corrected chi connectivity index (χ1v) is 4.89. The highest BCUT2D eigenvalue weighted by atomic mass is 14.1. The number of rotatable bonds is 4. The van der Waals surface area contributed by atoms with Crippen molar-refractivity contribution in [3.8, 4) is 0 Å². The molecule has 1 unspecified atom stereocenters. The Labute approximate surface area is 105 Å². The lowest BCUT2D eigenvalue weighted by Crippen LogP contribution is -1.92. The number of hydrogen-bond donors (Lipinski definition) is 0. The third-order valence-corrected chi connectivity index (χ3v) is 2.36. The lowest BCUT2D eigenvalue weighted by Gasteiger charge is -2.10. The maximum atomic E-state index is 2.31. The smallest absolute Gasteiger partial charge is 0.0190 e. The maximum absolute atomic E-state index is 2.31. The summed E-state index contributed by atoms with van der Waals surface area (Å²) >= 11 is 0. The number of unbranched alkanes of at least 4 members (excludes halogenated alkanes) is 1. The molecule has 0 nitrogen and oxygen atoms in total. The van der Waals surface area contributed by atoms with Crippen LogP contribution in [0.25, 0.3) is 0 Å². The van der Waals surface area contributed by atoms with Crippen LogP contribution in [-0.4, -0.2) is 0 Å². The van der Waals surface area contributed by atoms with E-state index in [4.69, 9.17) is 0 Å². The summed E-state index contributed by atoms with van der Waals surface area (Å²) in [7, 11) is 0. The second-order valence-corrected chi connectivity index (χ2v) is 3.45. The van der Waals surface area contributed by atoms with E-state index >= 15 is 0 Å². The Bertz CT molecular complexity index is 201. The zero-order chi connectivity index (χ0) is 8.81. The van der Waals surface area contributed by atoms with Crippen molar-refractivity contribution in [1.82, 2.24) is 0 Å². The van der Waals surface area contributed by atoms with Crippen molar-refractivity contribution in [2.45, 2.75) is 68.7 Å². The fraction of sp³-hybridized carbons (Fsp3) is 0.625. The van der Waals surface area contributed by atoms with Gasteiger partial charge in [-0.1, -0.05) is 86.7 Å². The molecule has 0 saturated heterocycles. The molecule has 0 aliphatic carbocycles. The molecule has 1 aromatic rings. The molecule has 98 valence electrons. The van der Waals surface area contributed by atoms with E-state index in [1.165, 1.54) is 24.8 Å². The summed E-state index contributed by atoms with van der Waals surface area (Å²) in [5, 5.41) is 0. The molecule has 0 radical (unpaired) electrons. The van der Waals surface area contributed by atoms with Crippen molar-refractivity contribution in [3.63, 3.8) is 0 Å². The molecule has 1 atom stereocenters. The Kier molecular flexibility index (Phi) is 21.7. The quantitative estimate of drug-likeness (QED) is 0.548. The molecule has 0 spiro atoms. The van der Waals surface area contributed by atoms with Crippen LogP contribution in [0.4, 0.5) is 0 Å². The van der Waals surface area contributed by atoms with Crippen LogP contribution < -0.4 is 0 Å². The average Bonchev–Trinajstić information content (AvgIpc) is 2.15. The summed E-state index contributed by atoms with van der Waals surface area (Å²) in [6, 6.07) is 10.8. The Balaban J connectivity index is -0.000000180. The van der Waals surface area contributed by atoms with Gasteiger partial charge < -0.3 is 0 Å². The van der Waals surface area contributed by atoms with E-state index < -0.39 is 0 Å². The normalized spacial score (nSPS) is 9.62. The van der Waals surface area contributed by atoms with E-state index in [1.54, 1.807) is 0 Å². The molecule has 16 heavy (non-hydrogen) atoms. The second kappa shape index (κ2) is 14.2. The average molecular weight is 226 g/mol. The molecule has 0 fully saturated rings. The predicted octanol–water partition coefficient (Wildman–Crippen LogP) is 6.52. The largest absolute Gasteiger partial charge is 0.0776 e. The van der Waals surface area contributed by atoms with E-state index in [0.29, 0.717) is 0 Å². The molecule has 0 saturated carbocycles. The molecule has 1 rings (SSSR count). The molecule has 0 heteroatoms. The highest BCUT2D eigenvalue weighted by molar-refractivity contribution is 5.18. The van der Waals surface area contributed by atoms with Gasteiger partial charge >= 0.3 is 0 Å². The third-order valence-electron chi connectivity index (χ3n) is 2.36. The van der Waals surface area contributed by atoms with Gasteiger partial charge in [0.15, 0.2) is 0 Å². The van der Waals surface area contributed by atoms with Gasteiger partial charge in [-0.05, 0) is 17.9 Å². The van der Waals surface area contributed by atoms with Crippen molar-refractivity contribution < 1.29 is 0 Å². The molecule has 0 bridgehead atoms. The Morgan fingerprint density at radius 1 is 0.938 bits per heavy atom. The topological polar surface area (TPSA) is 0 Å². The number of hydrogen-bond acceptors (Lipinski definition) is 0. The number of benzene rings is 1. The Hall–Kier alpha value is -0.780. The Morgan fingerprint density at radius 3 is 1.88 bits per heavy atom. The van der Waals surface area contributed by atoms with Gasteiger partial charge in [-0.25, -0.2) is 0 Å². The zero-order valence-electron chi connectivity index (χ0n) is 8.09. The van der Waals surface area contributed by atoms with Crippen molar-refractivity contribution >= 4 is 0 Å². The van der Waals surface area contributed by atoms with Crippen molar-refractivity contribution in [2.24, 2.45) is 0 Å². The minimum absolute atomic E-state index is 0. The molecule has 1 aromatic carbocycles. The van der Waals surface area contributed by atoms with Gasteiger partial charge in [-0.2, -0.15) is 0 Å². The highest BCUT2D eigenvalue weighted by Gasteiger charge is 2.02. The van der Waals surface area contributed by atoms with Gasteiger partial charge in [-0.15, -0.1) is 0 Å². The molecular formula is C16H34. The Morgan fingerprint density at radius 2 is 1.44 bits per heavy atom. The lowest BCUT2D eigenvalue weighted by molar-refractivity contribution is 0.624. The van der Waals surface area contributed by atoms with Crippen LogP contribution in [0.5, 0.6) is 0 Å². The summed E-state index contributed by atoms with van der Waals surface area (Å²) in [4.78, 5) is 0. The molecule has 0 heterocycles. The summed E-state index contributed by atoms with van der Waals surface area (Å²) < 4.78 is 0. The van der Waals surface area contributed by atoms with Crippen LogP contribution >= 0.6 is 0 Å². The van der Waals surface area contributed by atoms with E-state index in [1.807, 2.05) is 0 Å². The summed E-state index contributed by atoms with van der Waals surface area (Å²) in [5.74, 6) is 0.728. The fourth-order valence-electron chi connectivity index (χ4n) is 1.46. The van der Waals surface area contributed by atoms with Gasteiger partial charge in [0.1, 0.15) is 0 Å². The second-order valence-electron chi connectivity index (χ2n) is 3.45.